The predicted molar refractivity (Wildman–Crippen MR) is 83.5 cm³/mol. The molecule has 2 aromatic carbocycles. The number of hydrazone groups is 1. The lowest BCUT2D eigenvalue weighted by atomic mass is 10.2. The molecule has 0 saturated heterocycles. The summed E-state index contributed by atoms with van der Waals surface area (Å²) >= 11 is 0. The zero-order chi connectivity index (χ0) is 15.1. The third kappa shape index (κ3) is 4.35. The molecular weight excluding hydrogens is 266 g/mol. The fourth-order valence-electron chi connectivity index (χ4n) is 1.76. The van der Waals surface area contributed by atoms with Gasteiger partial charge in [-0.05, 0) is 30.7 Å². The van der Waals surface area contributed by atoms with E-state index in [1.807, 2.05) is 31.2 Å². The molecule has 0 aliphatic heterocycles. The summed E-state index contributed by atoms with van der Waals surface area (Å²) in [5, 5.41) is 16.4. The van der Waals surface area contributed by atoms with E-state index in [1.165, 1.54) is 6.21 Å². The van der Waals surface area contributed by atoms with Gasteiger partial charge in [0.2, 0.25) is 0 Å². The Kier molecular flexibility index (Phi) is 4.93. The molecule has 0 spiro atoms. The van der Waals surface area contributed by atoms with Crippen molar-refractivity contribution in [3.05, 3.63) is 59.7 Å². The average molecular weight is 283 g/mol. The summed E-state index contributed by atoms with van der Waals surface area (Å²) in [6, 6.07) is 14.5. The van der Waals surface area contributed by atoms with E-state index in [4.69, 9.17) is 0 Å². The number of rotatable bonds is 5. The molecule has 0 saturated carbocycles. The summed E-state index contributed by atoms with van der Waals surface area (Å²) in [4.78, 5) is 11.7. The van der Waals surface area contributed by atoms with Crippen LogP contribution < -0.4 is 10.7 Å². The summed E-state index contributed by atoms with van der Waals surface area (Å²) < 4.78 is 0. The minimum atomic E-state index is -0.259. The second-order valence-corrected chi connectivity index (χ2v) is 4.52. The van der Waals surface area contributed by atoms with Gasteiger partial charge in [0.15, 0.2) is 0 Å². The molecule has 0 heterocycles. The number of hydrogen-bond acceptors (Lipinski definition) is 4. The van der Waals surface area contributed by atoms with Gasteiger partial charge in [0.25, 0.3) is 5.91 Å². The number of hydrogen-bond donors (Lipinski definition) is 3. The van der Waals surface area contributed by atoms with Crippen molar-refractivity contribution in [2.75, 3.05) is 11.9 Å². The molecular formula is C16H17N3O2. The third-order valence-electron chi connectivity index (χ3n) is 2.91. The summed E-state index contributed by atoms with van der Waals surface area (Å²) in [7, 11) is 0. The van der Waals surface area contributed by atoms with E-state index in [0.29, 0.717) is 5.56 Å². The lowest BCUT2D eigenvalue weighted by molar-refractivity contribution is -0.119. The number of nitrogens with one attached hydrogen (secondary N) is 2. The number of phenols is 1. The largest absolute Gasteiger partial charge is 0.507 e. The molecule has 0 atom stereocenters. The predicted octanol–water partition coefficient (Wildman–Crippen LogP) is 2.26. The lowest BCUT2D eigenvalue weighted by Gasteiger charge is -2.07. The van der Waals surface area contributed by atoms with E-state index in [1.54, 1.807) is 24.3 Å². The Morgan fingerprint density at radius 3 is 2.67 bits per heavy atom. The van der Waals surface area contributed by atoms with Crippen LogP contribution in [0.15, 0.2) is 53.6 Å². The van der Waals surface area contributed by atoms with Gasteiger partial charge in [-0.3, -0.25) is 4.79 Å². The standard InChI is InChI=1S/C16H17N3O2/c1-12-6-2-4-8-14(12)17-11-16(21)19-18-10-13-7-3-5-9-15(13)20/h2-10,17,20H,11H2,1H3,(H,19,21). The van der Waals surface area contributed by atoms with Gasteiger partial charge in [-0.1, -0.05) is 30.3 Å². The highest BCUT2D eigenvalue weighted by Crippen LogP contribution is 2.13. The molecule has 0 radical (unpaired) electrons. The van der Waals surface area contributed by atoms with Crippen molar-refractivity contribution in [3.63, 3.8) is 0 Å². The summed E-state index contributed by atoms with van der Waals surface area (Å²) in [6.45, 7) is 2.10. The highest BCUT2D eigenvalue weighted by molar-refractivity contribution is 5.86. The van der Waals surface area contributed by atoms with Crippen molar-refractivity contribution < 1.29 is 9.90 Å². The molecule has 21 heavy (non-hydrogen) atoms. The number of anilines is 1. The van der Waals surface area contributed by atoms with Crippen LogP contribution in [0.25, 0.3) is 0 Å². The molecule has 0 bridgehead atoms. The highest BCUT2D eigenvalue weighted by Gasteiger charge is 2.01. The molecule has 5 heteroatoms. The molecule has 108 valence electrons. The molecule has 5 nitrogen and oxygen atoms in total. The zero-order valence-corrected chi connectivity index (χ0v) is 11.7. The minimum absolute atomic E-state index is 0.119. The van der Waals surface area contributed by atoms with Crippen LogP contribution in [0.2, 0.25) is 0 Å². The first-order chi connectivity index (χ1) is 10.2. The number of aryl methyl sites for hydroxylation is 1. The molecule has 3 N–H and O–H groups in total. The first-order valence-electron chi connectivity index (χ1n) is 6.56. The van der Waals surface area contributed by atoms with Crippen molar-refractivity contribution in [1.82, 2.24) is 5.43 Å². The van der Waals surface area contributed by atoms with E-state index in [-0.39, 0.29) is 18.2 Å². The second kappa shape index (κ2) is 7.09. The van der Waals surface area contributed by atoms with Crippen molar-refractivity contribution in [1.29, 1.82) is 0 Å². The third-order valence-corrected chi connectivity index (χ3v) is 2.91. The summed E-state index contributed by atoms with van der Waals surface area (Å²) in [5.41, 5.74) is 4.94. The van der Waals surface area contributed by atoms with Crippen LogP contribution in [-0.4, -0.2) is 23.8 Å². The second-order valence-electron chi connectivity index (χ2n) is 4.52. The Bertz CT molecular complexity index is 653. The fourth-order valence-corrected chi connectivity index (χ4v) is 1.76. The van der Waals surface area contributed by atoms with Crippen LogP contribution in [-0.2, 0) is 4.79 Å². The van der Waals surface area contributed by atoms with Gasteiger partial charge in [0.1, 0.15) is 5.75 Å². The molecule has 0 unspecified atom stereocenters. The Labute approximate surface area is 123 Å². The fraction of sp³-hybridized carbons (Fsp3) is 0.125. The molecule has 2 aromatic rings. The number of phenolic OH excluding ortho intramolecular Hbond substituents is 1. The Hall–Kier alpha value is -2.82. The number of carbonyl (C=O) groups is 1. The number of para-hydroxylation sites is 2. The van der Waals surface area contributed by atoms with Gasteiger partial charge >= 0.3 is 0 Å². The van der Waals surface area contributed by atoms with Gasteiger partial charge in [0.05, 0.1) is 12.8 Å². The lowest BCUT2D eigenvalue weighted by Crippen LogP contribution is -2.26. The van der Waals surface area contributed by atoms with Gasteiger partial charge < -0.3 is 10.4 Å². The maximum atomic E-state index is 11.7. The summed E-state index contributed by atoms with van der Waals surface area (Å²) in [5.74, 6) is -0.140. The smallest absolute Gasteiger partial charge is 0.259 e. The minimum Gasteiger partial charge on any atom is -0.507 e. The molecule has 0 aliphatic rings. The van der Waals surface area contributed by atoms with E-state index in [0.717, 1.165) is 11.3 Å². The topological polar surface area (TPSA) is 73.7 Å². The van der Waals surface area contributed by atoms with Gasteiger partial charge in [0, 0.05) is 11.3 Å². The maximum absolute atomic E-state index is 11.7. The van der Waals surface area contributed by atoms with Crippen molar-refractivity contribution >= 4 is 17.8 Å². The number of benzene rings is 2. The van der Waals surface area contributed by atoms with E-state index >= 15 is 0 Å². The van der Waals surface area contributed by atoms with Crippen LogP contribution in [0.3, 0.4) is 0 Å². The van der Waals surface area contributed by atoms with Crippen LogP contribution in [0.4, 0.5) is 5.69 Å². The number of nitrogens with zero attached hydrogens (tertiary/aromatic N) is 1. The van der Waals surface area contributed by atoms with Gasteiger partial charge in [-0.25, -0.2) is 5.43 Å². The average Bonchev–Trinajstić information content (AvgIpc) is 2.48. The Morgan fingerprint density at radius 1 is 1.19 bits per heavy atom. The van der Waals surface area contributed by atoms with E-state index < -0.39 is 0 Å². The van der Waals surface area contributed by atoms with Crippen LogP contribution in [0.5, 0.6) is 5.75 Å². The first kappa shape index (κ1) is 14.6. The van der Waals surface area contributed by atoms with Gasteiger partial charge in [-0.15, -0.1) is 0 Å². The van der Waals surface area contributed by atoms with Crippen LogP contribution in [0.1, 0.15) is 11.1 Å². The van der Waals surface area contributed by atoms with Crippen molar-refractivity contribution in [2.45, 2.75) is 6.92 Å². The maximum Gasteiger partial charge on any atom is 0.259 e. The van der Waals surface area contributed by atoms with E-state index in [2.05, 4.69) is 15.8 Å². The Morgan fingerprint density at radius 2 is 1.90 bits per heavy atom. The molecule has 0 aromatic heterocycles. The monoisotopic (exact) mass is 283 g/mol. The zero-order valence-electron chi connectivity index (χ0n) is 11.7. The number of carbonyl (C=O) groups excluding carboxylic acids is 1. The van der Waals surface area contributed by atoms with Gasteiger partial charge in [-0.2, -0.15) is 5.10 Å². The summed E-state index contributed by atoms with van der Waals surface area (Å²) in [6.07, 6.45) is 1.40. The molecule has 1 amide bonds. The molecule has 0 aliphatic carbocycles. The normalized spacial score (nSPS) is 10.5. The van der Waals surface area contributed by atoms with Crippen molar-refractivity contribution in [3.8, 4) is 5.75 Å². The van der Waals surface area contributed by atoms with E-state index in [9.17, 15) is 9.90 Å². The molecule has 2 rings (SSSR count). The highest BCUT2D eigenvalue weighted by atomic mass is 16.3. The number of aromatic hydroxyl groups is 1. The Balaban J connectivity index is 1.83. The first-order valence-corrected chi connectivity index (χ1v) is 6.56. The van der Waals surface area contributed by atoms with Crippen molar-refractivity contribution in [2.24, 2.45) is 5.10 Å². The molecule has 0 fully saturated rings. The quantitative estimate of drug-likeness (QED) is 0.582. The number of amides is 1. The van der Waals surface area contributed by atoms with Crippen LogP contribution >= 0.6 is 0 Å². The van der Waals surface area contributed by atoms with Crippen LogP contribution in [0, 0.1) is 6.92 Å². The SMILES string of the molecule is Cc1ccccc1NCC(=O)NN=Cc1ccccc1O.